The van der Waals surface area contributed by atoms with E-state index >= 15 is 0 Å². The van der Waals surface area contributed by atoms with E-state index in [0.29, 0.717) is 35.2 Å². The van der Waals surface area contributed by atoms with E-state index in [-0.39, 0.29) is 22.4 Å². The Morgan fingerprint density at radius 2 is 1.85 bits per heavy atom. The van der Waals surface area contributed by atoms with Crippen LogP contribution >= 0.6 is 23.2 Å². The number of aryl methyl sites for hydroxylation is 1. The Balaban J connectivity index is 2.25. The lowest BCUT2D eigenvalue weighted by molar-refractivity contribution is -0.116. The molecule has 0 radical (unpaired) electrons. The quantitative estimate of drug-likeness (QED) is 0.725. The van der Waals surface area contributed by atoms with Crippen molar-refractivity contribution in [2.45, 2.75) is 39.1 Å². The summed E-state index contributed by atoms with van der Waals surface area (Å²) in [5.41, 5.74) is 1.66. The molecule has 1 aromatic carbocycles. The number of carbonyl (C=O) groups excluding carboxylic acids is 1. The lowest BCUT2D eigenvalue weighted by atomic mass is 10.3. The average Bonchev–Trinajstić information content (AvgIpc) is 2.84. The van der Waals surface area contributed by atoms with Crippen LogP contribution in [0.2, 0.25) is 10.0 Å². The van der Waals surface area contributed by atoms with Gasteiger partial charge >= 0.3 is 0 Å². The van der Waals surface area contributed by atoms with E-state index in [4.69, 9.17) is 23.2 Å². The second kappa shape index (κ2) is 8.60. The van der Waals surface area contributed by atoms with Crippen molar-refractivity contribution in [2.24, 2.45) is 0 Å². The van der Waals surface area contributed by atoms with E-state index in [0.717, 1.165) is 0 Å². The van der Waals surface area contributed by atoms with Crippen LogP contribution in [0.25, 0.3) is 0 Å². The minimum atomic E-state index is -3.74. The summed E-state index contributed by atoms with van der Waals surface area (Å²) in [6, 6.07) is 4.37. The number of nitrogens with one attached hydrogen (secondary N) is 1. The summed E-state index contributed by atoms with van der Waals surface area (Å²) in [5.74, 6) is -0.356. The number of aromatic nitrogens is 2. The van der Waals surface area contributed by atoms with Gasteiger partial charge in [-0.1, -0.05) is 37.0 Å². The van der Waals surface area contributed by atoms with Crippen molar-refractivity contribution in [1.82, 2.24) is 14.1 Å². The Morgan fingerprint density at radius 3 is 2.37 bits per heavy atom. The van der Waals surface area contributed by atoms with E-state index in [9.17, 15) is 13.2 Å². The fraction of sp³-hybridized carbons (Fsp3) is 0.412. The molecule has 0 bridgehead atoms. The largest absolute Gasteiger partial charge is 0.324 e. The first-order valence-corrected chi connectivity index (χ1v) is 10.6. The lowest BCUT2D eigenvalue weighted by Crippen LogP contribution is -2.31. The van der Waals surface area contributed by atoms with E-state index in [1.54, 1.807) is 33.8 Å². The van der Waals surface area contributed by atoms with Gasteiger partial charge in [-0.2, -0.15) is 9.40 Å². The molecule has 148 valence electrons. The molecular weight excluding hydrogens is 411 g/mol. The zero-order valence-corrected chi connectivity index (χ0v) is 17.9. The molecule has 1 amide bonds. The van der Waals surface area contributed by atoms with Crippen molar-refractivity contribution in [3.63, 3.8) is 0 Å². The lowest BCUT2D eigenvalue weighted by Gasteiger charge is -2.19. The maximum atomic E-state index is 12.7. The van der Waals surface area contributed by atoms with E-state index in [1.165, 1.54) is 21.1 Å². The van der Waals surface area contributed by atoms with Crippen LogP contribution in [0.15, 0.2) is 23.1 Å². The third-order valence-corrected chi connectivity index (χ3v) is 7.20. The Kier molecular flexibility index (Phi) is 6.91. The van der Waals surface area contributed by atoms with Crippen LogP contribution in [0.1, 0.15) is 25.2 Å². The van der Waals surface area contributed by atoms with Crippen LogP contribution in [-0.4, -0.2) is 41.5 Å². The molecule has 7 nitrogen and oxygen atoms in total. The first kappa shape index (κ1) is 21.7. The molecule has 1 N–H and O–H groups in total. The number of rotatable bonds is 7. The standard InChI is InChI=1S/C17H22Cl2N4O3S/c1-5-22(6-2)27(25,26)15-9-13(7-8-14(15)18)20-16(24)10-23-12(4)17(19)11(3)21-23/h7-9H,5-6,10H2,1-4H3,(H,20,24). The molecule has 0 atom stereocenters. The number of anilines is 1. The number of sulfonamides is 1. The van der Waals surface area contributed by atoms with Crippen molar-refractivity contribution in [2.75, 3.05) is 18.4 Å². The number of amides is 1. The first-order valence-electron chi connectivity index (χ1n) is 8.40. The summed E-state index contributed by atoms with van der Waals surface area (Å²) < 4.78 is 28.3. The molecule has 27 heavy (non-hydrogen) atoms. The Hall–Kier alpha value is -1.61. The fourth-order valence-corrected chi connectivity index (χ4v) is 4.74. The molecule has 0 saturated carbocycles. The zero-order chi connectivity index (χ0) is 20.4. The maximum Gasteiger partial charge on any atom is 0.246 e. The monoisotopic (exact) mass is 432 g/mol. The van der Waals surface area contributed by atoms with Gasteiger partial charge in [-0.3, -0.25) is 9.48 Å². The average molecular weight is 433 g/mol. The van der Waals surface area contributed by atoms with Crippen LogP contribution in [-0.2, 0) is 21.4 Å². The molecule has 10 heteroatoms. The highest BCUT2D eigenvalue weighted by atomic mass is 35.5. The van der Waals surface area contributed by atoms with E-state index in [2.05, 4.69) is 10.4 Å². The third-order valence-electron chi connectivity index (χ3n) is 4.12. The molecule has 0 aliphatic heterocycles. The maximum absolute atomic E-state index is 12.7. The topological polar surface area (TPSA) is 84.3 Å². The highest BCUT2D eigenvalue weighted by molar-refractivity contribution is 7.89. The molecular formula is C17H22Cl2N4O3S. The minimum absolute atomic E-state index is 0.0415. The van der Waals surface area contributed by atoms with Crippen molar-refractivity contribution in [3.8, 4) is 0 Å². The van der Waals surface area contributed by atoms with Crippen LogP contribution in [0.3, 0.4) is 0 Å². The first-order chi connectivity index (χ1) is 12.6. The summed E-state index contributed by atoms with van der Waals surface area (Å²) in [4.78, 5) is 12.3. The van der Waals surface area contributed by atoms with Crippen molar-refractivity contribution in [3.05, 3.63) is 39.6 Å². The van der Waals surface area contributed by atoms with Gasteiger partial charge < -0.3 is 5.32 Å². The van der Waals surface area contributed by atoms with Gasteiger partial charge in [-0.05, 0) is 32.0 Å². The van der Waals surface area contributed by atoms with Crippen LogP contribution in [0, 0.1) is 13.8 Å². The Bertz CT molecular complexity index is 953. The second-order valence-corrected chi connectivity index (χ2v) is 8.62. The van der Waals surface area contributed by atoms with Gasteiger partial charge in [0.15, 0.2) is 0 Å². The molecule has 0 saturated heterocycles. The highest BCUT2D eigenvalue weighted by Gasteiger charge is 2.25. The van der Waals surface area contributed by atoms with Crippen LogP contribution in [0.4, 0.5) is 5.69 Å². The van der Waals surface area contributed by atoms with Crippen LogP contribution < -0.4 is 5.32 Å². The van der Waals surface area contributed by atoms with Crippen LogP contribution in [0.5, 0.6) is 0 Å². The normalized spacial score (nSPS) is 11.8. The second-order valence-electron chi connectivity index (χ2n) is 5.93. The summed E-state index contributed by atoms with van der Waals surface area (Å²) in [6.45, 7) is 7.63. The molecule has 0 aliphatic carbocycles. The summed E-state index contributed by atoms with van der Waals surface area (Å²) in [5, 5.41) is 7.50. The molecule has 0 unspecified atom stereocenters. The number of nitrogens with zero attached hydrogens (tertiary/aromatic N) is 3. The predicted octanol–water partition coefficient (Wildman–Crippen LogP) is 3.48. The summed E-state index contributed by atoms with van der Waals surface area (Å²) >= 11 is 12.2. The van der Waals surface area contributed by atoms with Gasteiger partial charge in [-0.25, -0.2) is 8.42 Å². The molecule has 0 aliphatic rings. The van der Waals surface area contributed by atoms with Crippen molar-refractivity contribution >= 4 is 44.8 Å². The van der Waals surface area contributed by atoms with Gasteiger partial charge in [0, 0.05) is 18.8 Å². The van der Waals surface area contributed by atoms with Gasteiger partial charge in [0.25, 0.3) is 0 Å². The van der Waals surface area contributed by atoms with Gasteiger partial charge in [-0.15, -0.1) is 0 Å². The number of benzene rings is 1. The summed E-state index contributed by atoms with van der Waals surface area (Å²) in [7, 11) is -3.74. The predicted molar refractivity (Wildman–Crippen MR) is 107 cm³/mol. The number of hydrogen-bond donors (Lipinski definition) is 1. The molecule has 0 fully saturated rings. The smallest absolute Gasteiger partial charge is 0.246 e. The highest BCUT2D eigenvalue weighted by Crippen LogP contribution is 2.28. The number of halogens is 2. The van der Waals surface area contributed by atoms with Gasteiger partial charge in [0.05, 0.1) is 21.4 Å². The molecule has 0 spiro atoms. The Labute approximate surface area is 169 Å². The van der Waals surface area contributed by atoms with Crippen molar-refractivity contribution in [1.29, 1.82) is 0 Å². The summed E-state index contributed by atoms with van der Waals surface area (Å²) in [6.07, 6.45) is 0. The SMILES string of the molecule is CCN(CC)S(=O)(=O)c1cc(NC(=O)Cn2nc(C)c(Cl)c2C)ccc1Cl. The van der Waals surface area contributed by atoms with Gasteiger partial charge in [0.2, 0.25) is 15.9 Å². The Morgan fingerprint density at radius 1 is 1.22 bits per heavy atom. The van der Waals surface area contributed by atoms with Gasteiger partial charge in [0.1, 0.15) is 11.4 Å². The number of hydrogen-bond acceptors (Lipinski definition) is 4. The van der Waals surface area contributed by atoms with E-state index < -0.39 is 10.0 Å². The van der Waals surface area contributed by atoms with Crippen molar-refractivity contribution < 1.29 is 13.2 Å². The zero-order valence-electron chi connectivity index (χ0n) is 15.6. The fourth-order valence-electron chi connectivity index (χ4n) is 2.65. The molecule has 2 aromatic rings. The molecule has 1 heterocycles. The third kappa shape index (κ3) is 4.63. The van der Waals surface area contributed by atoms with E-state index in [1.807, 2.05) is 0 Å². The molecule has 1 aromatic heterocycles. The molecule has 2 rings (SSSR count). The minimum Gasteiger partial charge on any atom is -0.324 e. The number of carbonyl (C=O) groups is 1.